The molecule has 2 heterocycles. The number of hydrogen-bond donors (Lipinski definition) is 1. The summed E-state index contributed by atoms with van der Waals surface area (Å²) in [6.07, 6.45) is 3.80. The number of rotatable bonds is 3. The largest absolute Gasteiger partial charge is 0.370 e. The van der Waals surface area contributed by atoms with E-state index < -0.39 is 0 Å². The predicted molar refractivity (Wildman–Crippen MR) is 72.7 cm³/mol. The molecule has 100 valence electrons. The van der Waals surface area contributed by atoms with E-state index in [0.29, 0.717) is 28.7 Å². The third-order valence-corrected chi connectivity index (χ3v) is 3.77. The zero-order valence-corrected chi connectivity index (χ0v) is 11.2. The number of hydrogen-bond acceptors (Lipinski definition) is 4. The van der Waals surface area contributed by atoms with Crippen molar-refractivity contribution in [3.63, 3.8) is 0 Å². The number of nitriles is 1. The average Bonchev–Trinajstić information content (AvgIpc) is 2.39. The van der Waals surface area contributed by atoms with Crippen LogP contribution < -0.4 is 10.6 Å². The van der Waals surface area contributed by atoms with Crippen molar-refractivity contribution in [2.24, 2.45) is 11.7 Å². The highest BCUT2D eigenvalue weighted by Gasteiger charge is 2.23. The minimum absolute atomic E-state index is 0.249. The molecule has 1 saturated heterocycles. The van der Waals surface area contributed by atoms with E-state index in [2.05, 4.69) is 9.88 Å². The number of nitrogens with two attached hydrogens (primary N) is 1. The highest BCUT2D eigenvalue weighted by molar-refractivity contribution is 6.34. The highest BCUT2D eigenvalue weighted by Crippen LogP contribution is 2.30. The van der Waals surface area contributed by atoms with Gasteiger partial charge >= 0.3 is 0 Å². The molecular weight excluding hydrogens is 264 g/mol. The van der Waals surface area contributed by atoms with Gasteiger partial charge in [0.25, 0.3) is 0 Å². The van der Waals surface area contributed by atoms with Crippen LogP contribution in [-0.2, 0) is 4.79 Å². The van der Waals surface area contributed by atoms with E-state index in [4.69, 9.17) is 22.6 Å². The number of amides is 1. The lowest BCUT2D eigenvalue weighted by molar-refractivity contribution is -0.119. The van der Waals surface area contributed by atoms with Gasteiger partial charge in [-0.3, -0.25) is 4.79 Å². The van der Waals surface area contributed by atoms with Gasteiger partial charge in [-0.2, -0.15) is 5.26 Å². The predicted octanol–water partition coefficient (Wildman–Crippen LogP) is 1.70. The van der Waals surface area contributed by atoms with E-state index in [1.165, 1.54) is 0 Å². The van der Waals surface area contributed by atoms with Gasteiger partial charge in [0.2, 0.25) is 5.91 Å². The summed E-state index contributed by atoms with van der Waals surface area (Å²) in [6, 6.07) is 3.65. The number of halogens is 1. The lowest BCUT2D eigenvalue weighted by Gasteiger charge is -2.32. The van der Waals surface area contributed by atoms with Gasteiger partial charge in [0.05, 0.1) is 5.56 Å². The normalized spacial score (nSPS) is 16.1. The van der Waals surface area contributed by atoms with E-state index in [0.717, 1.165) is 25.9 Å². The summed E-state index contributed by atoms with van der Waals surface area (Å²) in [5.74, 6) is 0.742. The molecule has 0 bridgehead atoms. The number of anilines is 1. The number of aromatic nitrogens is 1. The topological polar surface area (TPSA) is 83.0 Å². The third kappa shape index (κ3) is 3.15. The molecule has 1 aliphatic heterocycles. The molecular formula is C13H15ClN4O. The van der Waals surface area contributed by atoms with Gasteiger partial charge in [0.15, 0.2) is 0 Å². The highest BCUT2D eigenvalue weighted by atomic mass is 35.5. The summed E-state index contributed by atoms with van der Waals surface area (Å²) in [4.78, 5) is 17.2. The maximum absolute atomic E-state index is 10.9. The van der Waals surface area contributed by atoms with Gasteiger partial charge < -0.3 is 10.6 Å². The summed E-state index contributed by atoms with van der Waals surface area (Å²) in [6.45, 7) is 1.55. The molecule has 2 rings (SSSR count). The second-order valence-electron chi connectivity index (χ2n) is 4.71. The Labute approximate surface area is 117 Å². The monoisotopic (exact) mass is 278 g/mol. The SMILES string of the molecule is N#Cc1ccnc(N2CCC(CC(N)=O)CC2)c1Cl. The van der Waals surface area contributed by atoms with Crippen molar-refractivity contribution in [1.29, 1.82) is 5.26 Å². The first-order chi connectivity index (χ1) is 9.11. The number of piperidine rings is 1. The smallest absolute Gasteiger partial charge is 0.217 e. The van der Waals surface area contributed by atoms with Crippen molar-refractivity contribution < 1.29 is 4.79 Å². The maximum atomic E-state index is 10.9. The number of pyridine rings is 1. The van der Waals surface area contributed by atoms with Crippen LogP contribution in [0.2, 0.25) is 5.02 Å². The minimum atomic E-state index is -0.249. The first kappa shape index (κ1) is 13.6. The molecule has 0 aliphatic carbocycles. The van der Waals surface area contributed by atoms with Crippen molar-refractivity contribution in [2.75, 3.05) is 18.0 Å². The molecule has 0 spiro atoms. The third-order valence-electron chi connectivity index (χ3n) is 3.40. The van der Waals surface area contributed by atoms with Crippen LogP contribution in [0.5, 0.6) is 0 Å². The van der Waals surface area contributed by atoms with Gasteiger partial charge in [-0.1, -0.05) is 11.6 Å². The molecule has 0 unspecified atom stereocenters. The van der Waals surface area contributed by atoms with Gasteiger partial charge in [0.1, 0.15) is 16.9 Å². The van der Waals surface area contributed by atoms with Crippen LogP contribution in [0.15, 0.2) is 12.3 Å². The van der Waals surface area contributed by atoms with Gasteiger partial charge in [-0.25, -0.2) is 4.98 Å². The van der Waals surface area contributed by atoms with Crippen LogP contribution in [0, 0.1) is 17.2 Å². The lowest BCUT2D eigenvalue weighted by Crippen LogP contribution is -2.35. The second kappa shape index (κ2) is 5.89. The quantitative estimate of drug-likeness (QED) is 0.912. The standard InChI is InChI=1S/C13H15ClN4O/c14-12-10(8-15)1-4-17-13(12)18-5-2-9(3-6-18)7-11(16)19/h1,4,9H,2-3,5-7H2,(H2,16,19). The minimum Gasteiger partial charge on any atom is -0.370 e. The Bertz CT molecular complexity index is 518. The number of primary amides is 1. The van der Waals surface area contributed by atoms with E-state index in [1.54, 1.807) is 12.3 Å². The molecule has 6 heteroatoms. The Morgan fingerprint density at radius 1 is 1.58 bits per heavy atom. The zero-order chi connectivity index (χ0) is 13.8. The van der Waals surface area contributed by atoms with E-state index in [-0.39, 0.29) is 5.91 Å². The van der Waals surface area contributed by atoms with Crippen LogP contribution in [0.25, 0.3) is 0 Å². The van der Waals surface area contributed by atoms with E-state index in [9.17, 15) is 4.79 Å². The second-order valence-corrected chi connectivity index (χ2v) is 5.09. The number of nitrogens with zero attached hydrogens (tertiary/aromatic N) is 3. The van der Waals surface area contributed by atoms with Crippen LogP contribution in [-0.4, -0.2) is 24.0 Å². The molecule has 5 nitrogen and oxygen atoms in total. The Morgan fingerprint density at radius 2 is 2.26 bits per heavy atom. The zero-order valence-electron chi connectivity index (χ0n) is 10.5. The molecule has 1 aromatic heterocycles. The van der Waals surface area contributed by atoms with E-state index in [1.807, 2.05) is 6.07 Å². The summed E-state index contributed by atoms with van der Waals surface area (Å²) in [5.41, 5.74) is 5.65. The molecule has 2 N–H and O–H groups in total. The van der Waals surface area contributed by atoms with Crippen molar-refractivity contribution in [3.8, 4) is 6.07 Å². The van der Waals surface area contributed by atoms with E-state index >= 15 is 0 Å². The molecule has 0 radical (unpaired) electrons. The molecule has 1 amide bonds. The first-order valence-corrected chi connectivity index (χ1v) is 6.57. The van der Waals surface area contributed by atoms with Crippen molar-refractivity contribution >= 4 is 23.3 Å². The Morgan fingerprint density at radius 3 is 2.84 bits per heavy atom. The summed E-state index contributed by atoms with van der Waals surface area (Å²) in [7, 11) is 0. The van der Waals surface area contributed by atoms with Gasteiger partial charge in [-0.05, 0) is 24.8 Å². The van der Waals surface area contributed by atoms with Crippen LogP contribution in [0.3, 0.4) is 0 Å². The van der Waals surface area contributed by atoms with Crippen molar-refractivity contribution in [2.45, 2.75) is 19.3 Å². The Balaban J connectivity index is 2.06. The molecule has 0 saturated carbocycles. The molecule has 0 atom stereocenters. The molecule has 1 aliphatic rings. The molecule has 1 fully saturated rings. The fourth-order valence-electron chi connectivity index (χ4n) is 2.37. The fourth-order valence-corrected chi connectivity index (χ4v) is 2.65. The van der Waals surface area contributed by atoms with Crippen LogP contribution in [0.4, 0.5) is 5.82 Å². The molecule has 0 aromatic carbocycles. The summed E-state index contributed by atoms with van der Waals surface area (Å²) >= 11 is 6.16. The number of carbonyl (C=O) groups excluding carboxylic acids is 1. The number of carbonyl (C=O) groups is 1. The fraction of sp³-hybridized carbons (Fsp3) is 0.462. The van der Waals surface area contributed by atoms with Crippen molar-refractivity contribution in [3.05, 3.63) is 22.8 Å². The van der Waals surface area contributed by atoms with Crippen LogP contribution >= 0.6 is 11.6 Å². The lowest BCUT2D eigenvalue weighted by atomic mass is 9.93. The maximum Gasteiger partial charge on any atom is 0.217 e. The summed E-state index contributed by atoms with van der Waals surface area (Å²) < 4.78 is 0. The molecule has 1 aromatic rings. The Kier molecular flexibility index (Phi) is 4.23. The first-order valence-electron chi connectivity index (χ1n) is 6.19. The van der Waals surface area contributed by atoms with Crippen molar-refractivity contribution in [1.82, 2.24) is 4.98 Å². The van der Waals surface area contributed by atoms with Gasteiger partial charge in [0, 0.05) is 25.7 Å². The molecule has 19 heavy (non-hydrogen) atoms. The van der Waals surface area contributed by atoms with Gasteiger partial charge in [-0.15, -0.1) is 0 Å². The van der Waals surface area contributed by atoms with Crippen LogP contribution in [0.1, 0.15) is 24.8 Å². The average molecular weight is 279 g/mol. The summed E-state index contributed by atoms with van der Waals surface area (Å²) in [5, 5.41) is 9.35. The Hall–Kier alpha value is -1.80.